The van der Waals surface area contributed by atoms with E-state index in [1.165, 1.54) is 12.1 Å². The third kappa shape index (κ3) is 6.29. The van der Waals surface area contributed by atoms with Crippen molar-refractivity contribution >= 4 is 17.7 Å². The van der Waals surface area contributed by atoms with Crippen LogP contribution in [0.4, 0.5) is 4.39 Å². The molecule has 130 valence electrons. The monoisotopic (exact) mass is 353 g/mol. The predicted molar refractivity (Wildman–Crippen MR) is 89.1 cm³/mol. The first-order chi connectivity index (χ1) is 11.5. The zero-order chi connectivity index (χ0) is 17.4. The molecule has 1 amide bonds. The number of hydrogen-bond donors (Lipinski definition) is 1. The van der Waals surface area contributed by atoms with Gasteiger partial charge in [0.2, 0.25) is 11.8 Å². The molecule has 0 aliphatic carbocycles. The molecular formula is C16H20FN3O3S. The zero-order valence-corrected chi connectivity index (χ0v) is 14.4. The summed E-state index contributed by atoms with van der Waals surface area (Å²) in [6, 6.07) is 5.76. The molecule has 6 nitrogen and oxygen atoms in total. The highest BCUT2D eigenvalue weighted by atomic mass is 32.2. The molecular weight excluding hydrogens is 333 g/mol. The van der Waals surface area contributed by atoms with Crippen LogP contribution in [0.3, 0.4) is 0 Å². The van der Waals surface area contributed by atoms with Crippen LogP contribution in [-0.4, -0.2) is 41.1 Å². The lowest BCUT2D eigenvalue weighted by molar-refractivity contribution is -0.118. The lowest BCUT2D eigenvalue weighted by atomic mass is 10.2. The first kappa shape index (κ1) is 18.4. The van der Waals surface area contributed by atoms with E-state index in [4.69, 9.17) is 9.15 Å². The van der Waals surface area contributed by atoms with Gasteiger partial charge in [-0.15, -0.1) is 10.2 Å². The minimum atomic E-state index is -0.330. The van der Waals surface area contributed by atoms with Crippen molar-refractivity contribution in [2.75, 3.05) is 18.9 Å². The Hall–Kier alpha value is -1.93. The SMILES string of the molecule is CC(C)OCCCNC(=O)CSc1nnc(-c2ccc(F)cc2)o1. The van der Waals surface area contributed by atoms with E-state index in [-0.39, 0.29) is 23.6 Å². The number of carbonyl (C=O) groups excluding carboxylic acids is 1. The van der Waals surface area contributed by atoms with Crippen LogP contribution in [0, 0.1) is 5.82 Å². The molecule has 0 spiro atoms. The summed E-state index contributed by atoms with van der Waals surface area (Å²) < 4.78 is 23.7. The summed E-state index contributed by atoms with van der Waals surface area (Å²) in [5, 5.41) is 10.9. The van der Waals surface area contributed by atoms with Gasteiger partial charge in [0.25, 0.3) is 5.22 Å². The molecule has 0 saturated carbocycles. The van der Waals surface area contributed by atoms with Crippen molar-refractivity contribution in [3.63, 3.8) is 0 Å². The highest BCUT2D eigenvalue weighted by molar-refractivity contribution is 7.99. The van der Waals surface area contributed by atoms with Crippen LogP contribution < -0.4 is 5.32 Å². The molecule has 0 atom stereocenters. The Bertz CT molecular complexity index is 646. The van der Waals surface area contributed by atoms with E-state index in [2.05, 4.69) is 15.5 Å². The molecule has 0 radical (unpaired) electrons. The Labute approximate surface area is 144 Å². The summed E-state index contributed by atoms with van der Waals surface area (Å²) in [4.78, 5) is 11.7. The average Bonchev–Trinajstić information content (AvgIpc) is 3.02. The van der Waals surface area contributed by atoms with Crippen LogP contribution in [0.25, 0.3) is 11.5 Å². The van der Waals surface area contributed by atoms with Gasteiger partial charge in [0, 0.05) is 18.7 Å². The average molecular weight is 353 g/mol. The van der Waals surface area contributed by atoms with Gasteiger partial charge < -0.3 is 14.5 Å². The van der Waals surface area contributed by atoms with E-state index < -0.39 is 0 Å². The van der Waals surface area contributed by atoms with E-state index in [1.54, 1.807) is 12.1 Å². The Balaban J connectivity index is 1.71. The van der Waals surface area contributed by atoms with Crippen molar-refractivity contribution in [3.05, 3.63) is 30.1 Å². The van der Waals surface area contributed by atoms with Gasteiger partial charge >= 0.3 is 0 Å². The van der Waals surface area contributed by atoms with Crippen molar-refractivity contribution in [2.45, 2.75) is 31.6 Å². The molecule has 0 saturated heterocycles. The number of carbonyl (C=O) groups is 1. The number of ether oxygens (including phenoxy) is 1. The Morgan fingerprint density at radius 2 is 2.08 bits per heavy atom. The fourth-order valence-electron chi connectivity index (χ4n) is 1.77. The van der Waals surface area contributed by atoms with Gasteiger partial charge in [-0.1, -0.05) is 11.8 Å². The molecule has 0 aliphatic rings. The van der Waals surface area contributed by atoms with Crippen LogP contribution in [0.5, 0.6) is 0 Å². The highest BCUT2D eigenvalue weighted by Crippen LogP contribution is 2.23. The normalized spacial score (nSPS) is 11.0. The summed E-state index contributed by atoms with van der Waals surface area (Å²) in [7, 11) is 0. The number of aromatic nitrogens is 2. The molecule has 1 aromatic heterocycles. The third-order valence-corrected chi connectivity index (χ3v) is 3.74. The smallest absolute Gasteiger partial charge is 0.277 e. The third-order valence-electron chi connectivity index (χ3n) is 2.92. The molecule has 1 aromatic carbocycles. The quantitative estimate of drug-likeness (QED) is 0.552. The summed E-state index contributed by atoms with van der Waals surface area (Å²) in [5.74, 6) is 0.0500. The Morgan fingerprint density at radius 1 is 1.33 bits per heavy atom. The zero-order valence-electron chi connectivity index (χ0n) is 13.6. The van der Waals surface area contributed by atoms with E-state index >= 15 is 0 Å². The first-order valence-electron chi connectivity index (χ1n) is 7.65. The van der Waals surface area contributed by atoms with Crippen LogP contribution in [0.2, 0.25) is 0 Å². The Kier molecular flexibility index (Phi) is 7.20. The van der Waals surface area contributed by atoms with Crippen molar-refractivity contribution in [2.24, 2.45) is 0 Å². The molecule has 0 unspecified atom stereocenters. The van der Waals surface area contributed by atoms with Gasteiger partial charge in [-0.05, 0) is 44.5 Å². The maximum absolute atomic E-state index is 12.9. The summed E-state index contributed by atoms with van der Waals surface area (Å²) in [5.41, 5.74) is 0.630. The van der Waals surface area contributed by atoms with Gasteiger partial charge in [-0.3, -0.25) is 4.79 Å². The Morgan fingerprint density at radius 3 is 2.79 bits per heavy atom. The standard InChI is InChI=1S/C16H20FN3O3S/c1-11(2)22-9-3-8-18-14(21)10-24-16-20-19-15(23-16)12-4-6-13(17)7-5-12/h4-7,11H,3,8-10H2,1-2H3,(H,18,21). The van der Waals surface area contributed by atoms with Crippen molar-refractivity contribution in [1.82, 2.24) is 15.5 Å². The van der Waals surface area contributed by atoms with E-state index in [9.17, 15) is 9.18 Å². The molecule has 2 rings (SSSR count). The maximum atomic E-state index is 12.9. The number of nitrogens with one attached hydrogen (secondary N) is 1. The second-order valence-corrected chi connectivity index (χ2v) is 6.22. The number of amides is 1. The molecule has 0 aliphatic heterocycles. The molecule has 1 N–H and O–H groups in total. The molecule has 0 bridgehead atoms. The lowest BCUT2D eigenvalue weighted by Crippen LogP contribution is -2.27. The summed E-state index contributed by atoms with van der Waals surface area (Å²) in [6.45, 7) is 5.13. The maximum Gasteiger partial charge on any atom is 0.277 e. The predicted octanol–water partition coefficient (Wildman–Crippen LogP) is 2.90. The van der Waals surface area contributed by atoms with Crippen LogP contribution in [0.1, 0.15) is 20.3 Å². The number of benzene rings is 1. The van der Waals surface area contributed by atoms with Crippen molar-refractivity contribution in [3.8, 4) is 11.5 Å². The largest absolute Gasteiger partial charge is 0.411 e. The number of nitrogens with zero attached hydrogens (tertiary/aromatic N) is 2. The molecule has 2 aromatic rings. The number of rotatable bonds is 9. The second kappa shape index (κ2) is 9.39. The molecule has 0 fully saturated rings. The first-order valence-corrected chi connectivity index (χ1v) is 8.63. The minimum absolute atomic E-state index is 0.105. The molecule has 8 heteroatoms. The van der Waals surface area contributed by atoms with E-state index in [0.29, 0.717) is 29.8 Å². The number of halogens is 1. The summed E-state index contributed by atoms with van der Waals surface area (Å²) >= 11 is 1.16. The van der Waals surface area contributed by atoms with Crippen LogP contribution in [-0.2, 0) is 9.53 Å². The van der Waals surface area contributed by atoms with E-state index in [0.717, 1.165) is 18.2 Å². The van der Waals surface area contributed by atoms with Gasteiger partial charge in [-0.2, -0.15) is 0 Å². The molecule has 1 heterocycles. The van der Waals surface area contributed by atoms with Crippen molar-refractivity contribution in [1.29, 1.82) is 0 Å². The van der Waals surface area contributed by atoms with E-state index in [1.807, 2.05) is 13.8 Å². The van der Waals surface area contributed by atoms with Gasteiger partial charge in [-0.25, -0.2) is 4.39 Å². The van der Waals surface area contributed by atoms with Gasteiger partial charge in [0.05, 0.1) is 11.9 Å². The second-order valence-electron chi connectivity index (χ2n) is 5.29. The van der Waals surface area contributed by atoms with Gasteiger partial charge in [0.1, 0.15) is 5.82 Å². The summed E-state index contributed by atoms with van der Waals surface area (Å²) in [6.07, 6.45) is 0.966. The number of thioether (sulfide) groups is 1. The topological polar surface area (TPSA) is 77.2 Å². The fourth-order valence-corrected chi connectivity index (χ4v) is 2.37. The van der Waals surface area contributed by atoms with Crippen molar-refractivity contribution < 1.29 is 18.3 Å². The van der Waals surface area contributed by atoms with Gasteiger partial charge in [0.15, 0.2) is 0 Å². The fraction of sp³-hybridized carbons (Fsp3) is 0.438. The highest BCUT2D eigenvalue weighted by Gasteiger charge is 2.11. The van der Waals surface area contributed by atoms with Crippen LogP contribution >= 0.6 is 11.8 Å². The van der Waals surface area contributed by atoms with Crippen LogP contribution in [0.15, 0.2) is 33.9 Å². The lowest BCUT2D eigenvalue weighted by Gasteiger charge is -2.07. The number of hydrogen-bond acceptors (Lipinski definition) is 6. The minimum Gasteiger partial charge on any atom is -0.411 e. The molecule has 24 heavy (non-hydrogen) atoms.